The Morgan fingerprint density at radius 1 is 1.42 bits per heavy atom. The molecular formula is C12H16BrN3O3. The van der Waals surface area contributed by atoms with Crippen LogP contribution in [0.2, 0.25) is 0 Å². The molecule has 19 heavy (non-hydrogen) atoms. The van der Waals surface area contributed by atoms with Gasteiger partial charge in [-0.1, -0.05) is 28.1 Å². The van der Waals surface area contributed by atoms with E-state index in [1.165, 1.54) is 12.1 Å². The van der Waals surface area contributed by atoms with E-state index < -0.39 is 4.92 Å². The first-order chi connectivity index (χ1) is 9.08. The molecule has 1 aromatic carbocycles. The first-order valence-electron chi connectivity index (χ1n) is 5.85. The highest BCUT2D eigenvalue weighted by atomic mass is 79.9. The van der Waals surface area contributed by atoms with Gasteiger partial charge < -0.3 is 10.6 Å². The molecule has 0 aromatic heterocycles. The van der Waals surface area contributed by atoms with Crippen molar-refractivity contribution in [1.29, 1.82) is 0 Å². The molecule has 0 saturated carbocycles. The van der Waals surface area contributed by atoms with Crippen LogP contribution in [0, 0.1) is 10.1 Å². The number of nitrogens with zero attached hydrogens (tertiary/aromatic N) is 2. The highest BCUT2D eigenvalue weighted by Gasteiger charge is 2.12. The third kappa shape index (κ3) is 4.96. The van der Waals surface area contributed by atoms with Crippen molar-refractivity contribution < 1.29 is 9.72 Å². The van der Waals surface area contributed by atoms with E-state index in [1.54, 1.807) is 11.0 Å². The van der Waals surface area contributed by atoms with Gasteiger partial charge in [0.15, 0.2) is 0 Å². The molecule has 0 fully saturated rings. The Balaban J connectivity index is 2.65. The van der Waals surface area contributed by atoms with Crippen LogP contribution in [0.25, 0.3) is 0 Å². The van der Waals surface area contributed by atoms with E-state index in [0.29, 0.717) is 26.1 Å². The number of alkyl halides is 1. The molecule has 0 unspecified atom stereocenters. The summed E-state index contributed by atoms with van der Waals surface area (Å²) in [5, 5.41) is 10.9. The summed E-state index contributed by atoms with van der Waals surface area (Å²) in [4.78, 5) is 23.5. The molecule has 1 aromatic rings. The molecule has 1 amide bonds. The van der Waals surface area contributed by atoms with Crippen LogP contribution in [-0.2, 0) is 11.2 Å². The summed E-state index contributed by atoms with van der Waals surface area (Å²) in [7, 11) is 0. The molecule has 0 aliphatic carbocycles. The fourth-order valence-electron chi connectivity index (χ4n) is 1.69. The zero-order chi connectivity index (χ0) is 14.3. The van der Waals surface area contributed by atoms with E-state index in [1.807, 2.05) is 6.07 Å². The van der Waals surface area contributed by atoms with Crippen molar-refractivity contribution in [3.05, 3.63) is 39.9 Å². The normalized spacial score (nSPS) is 10.2. The van der Waals surface area contributed by atoms with E-state index in [4.69, 9.17) is 5.73 Å². The number of nitro groups is 1. The minimum atomic E-state index is -0.426. The van der Waals surface area contributed by atoms with Crippen LogP contribution in [0.3, 0.4) is 0 Å². The Morgan fingerprint density at radius 3 is 2.74 bits per heavy atom. The van der Waals surface area contributed by atoms with Crippen molar-refractivity contribution >= 4 is 27.5 Å². The van der Waals surface area contributed by atoms with Gasteiger partial charge in [0.05, 0.1) is 10.3 Å². The maximum absolute atomic E-state index is 11.6. The summed E-state index contributed by atoms with van der Waals surface area (Å²) in [6, 6.07) is 6.43. The number of benzene rings is 1. The molecular weight excluding hydrogens is 314 g/mol. The van der Waals surface area contributed by atoms with Gasteiger partial charge in [0.1, 0.15) is 0 Å². The number of hydrogen-bond acceptors (Lipinski definition) is 4. The third-order valence-electron chi connectivity index (χ3n) is 2.66. The summed E-state index contributed by atoms with van der Waals surface area (Å²) < 4.78 is 0. The minimum absolute atomic E-state index is 0.0316. The molecule has 104 valence electrons. The first-order valence-corrected chi connectivity index (χ1v) is 6.97. The van der Waals surface area contributed by atoms with Crippen LogP contribution in [0.1, 0.15) is 5.56 Å². The van der Waals surface area contributed by atoms with Gasteiger partial charge in [-0.25, -0.2) is 0 Å². The largest absolute Gasteiger partial charge is 0.340 e. The number of carbonyl (C=O) groups is 1. The smallest absolute Gasteiger partial charge is 0.269 e. The molecule has 0 bridgehead atoms. The van der Waals surface area contributed by atoms with Crippen LogP contribution in [-0.4, -0.2) is 40.7 Å². The zero-order valence-corrected chi connectivity index (χ0v) is 12.0. The predicted molar refractivity (Wildman–Crippen MR) is 76.2 cm³/mol. The summed E-state index contributed by atoms with van der Waals surface area (Å²) in [6.07, 6.45) is 0.570. The molecule has 0 saturated heterocycles. The van der Waals surface area contributed by atoms with E-state index in [-0.39, 0.29) is 16.9 Å². The zero-order valence-electron chi connectivity index (χ0n) is 10.4. The Kier molecular flexibility index (Phi) is 6.44. The van der Waals surface area contributed by atoms with E-state index in [0.717, 1.165) is 5.56 Å². The van der Waals surface area contributed by atoms with Crippen LogP contribution in [0.4, 0.5) is 5.69 Å². The lowest BCUT2D eigenvalue weighted by Crippen LogP contribution is -2.37. The molecule has 0 aliphatic heterocycles. The lowest BCUT2D eigenvalue weighted by atomic mass is 10.1. The first kappa shape index (κ1) is 15.6. The molecule has 2 N–H and O–H groups in total. The Morgan fingerprint density at radius 2 is 2.16 bits per heavy atom. The van der Waals surface area contributed by atoms with Gasteiger partial charge in [-0.2, -0.15) is 0 Å². The fourth-order valence-corrected chi connectivity index (χ4v) is 2.05. The average Bonchev–Trinajstić information content (AvgIpc) is 2.42. The second kappa shape index (κ2) is 7.85. The van der Waals surface area contributed by atoms with Crippen LogP contribution < -0.4 is 5.73 Å². The van der Waals surface area contributed by atoms with Crippen LogP contribution in [0.5, 0.6) is 0 Å². The summed E-state index contributed by atoms with van der Waals surface area (Å²) >= 11 is 3.12. The monoisotopic (exact) mass is 329 g/mol. The summed E-state index contributed by atoms with van der Waals surface area (Å²) in [5.74, 6) is -0.0316. The van der Waals surface area contributed by atoms with E-state index >= 15 is 0 Å². The van der Waals surface area contributed by atoms with Crippen molar-refractivity contribution in [2.45, 2.75) is 6.42 Å². The molecule has 7 heteroatoms. The second-order valence-electron chi connectivity index (χ2n) is 3.98. The Hall–Kier alpha value is -1.47. The molecule has 0 heterocycles. The highest BCUT2D eigenvalue weighted by molar-refractivity contribution is 9.09. The number of nitrogens with two attached hydrogens (primary N) is 1. The maximum Gasteiger partial charge on any atom is 0.269 e. The number of non-ortho nitro benzene ring substituents is 1. The minimum Gasteiger partial charge on any atom is -0.340 e. The molecule has 0 aliphatic rings. The predicted octanol–water partition coefficient (Wildman–Crippen LogP) is 1.32. The van der Waals surface area contributed by atoms with Gasteiger partial charge in [0, 0.05) is 31.8 Å². The van der Waals surface area contributed by atoms with E-state index in [2.05, 4.69) is 15.9 Å². The fraction of sp³-hybridized carbons (Fsp3) is 0.417. The lowest BCUT2D eigenvalue weighted by molar-refractivity contribution is -0.384. The van der Waals surface area contributed by atoms with Crippen LogP contribution in [0.15, 0.2) is 24.3 Å². The van der Waals surface area contributed by atoms with Gasteiger partial charge >= 0.3 is 0 Å². The SMILES string of the molecule is NCCN(CCc1cccc([N+](=O)[O-])c1)C(=O)CBr. The van der Waals surface area contributed by atoms with E-state index in [9.17, 15) is 14.9 Å². The number of amides is 1. The standard InChI is InChI=1S/C12H16BrN3O3/c13-9-12(17)15(7-5-14)6-4-10-2-1-3-11(8-10)16(18)19/h1-3,8H,4-7,9,14H2. The number of hydrogen-bond donors (Lipinski definition) is 1. The Bertz CT molecular complexity index is 454. The van der Waals surface area contributed by atoms with Crippen molar-refractivity contribution in [2.75, 3.05) is 25.0 Å². The molecule has 1 rings (SSSR count). The van der Waals surface area contributed by atoms with Crippen molar-refractivity contribution in [3.8, 4) is 0 Å². The van der Waals surface area contributed by atoms with Gasteiger partial charge in [0.2, 0.25) is 5.91 Å². The Labute approximate surface area is 119 Å². The molecule has 0 radical (unpaired) electrons. The molecule has 0 spiro atoms. The quantitative estimate of drug-likeness (QED) is 0.464. The molecule has 6 nitrogen and oxygen atoms in total. The van der Waals surface area contributed by atoms with Crippen molar-refractivity contribution in [2.24, 2.45) is 5.73 Å². The summed E-state index contributed by atoms with van der Waals surface area (Å²) in [6.45, 7) is 1.38. The second-order valence-corrected chi connectivity index (χ2v) is 4.54. The van der Waals surface area contributed by atoms with Gasteiger partial charge in [-0.05, 0) is 12.0 Å². The highest BCUT2D eigenvalue weighted by Crippen LogP contribution is 2.13. The average molecular weight is 330 g/mol. The van der Waals surface area contributed by atoms with Gasteiger partial charge in [0.25, 0.3) is 5.69 Å². The summed E-state index contributed by atoms with van der Waals surface area (Å²) in [5.41, 5.74) is 6.35. The number of nitro benzene ring substituents is 1. The van der Waals surface area contributed by atoms with Gasteiger partial charge in [-0.3, -0.25) is 14.9 Å². The molecule has 0 atom stereocenters. The topological polar surface area (TPSA) is 89.5 Å². The van der Waals surface area contributed by atoms with Crippen molar-refractivity contribution in [1.82, 2.24) is 4.90 Å². The number of rotatable bonds is 7. The number of carbonyl (C=O) groups excluding carboxylic acids is 1. The van der Waals surface area contributed by atoms with Gasteiger partial charge in [-0.15, -0.1) is 0 Å². The van der Waals surface area contributed by atoms with Crippen LogP contribution >= 0.6 is 15.9 Å². The third-order valence-corrected chi connectivity index (χ3v) is 3.14. The number of halogens is 1. The van der Waals surface area contributed by atoms with Crippen molar-refractivity contribution in [3.63, 3.8) is 0 Å². The lowest BCUT2D eigenvalue weighted by Gasteiger charge is -2.21. The maximum atomic E-state index is 11.6.